The van der Waals surface area contributed by atoms with E-state index in [4.69, 9.17) is 4.74 Å². The van der Waals surface area contributed by atoms with Gasteiger partial charge in [-0.1, -0.05) is 36.4 Å². The van der Waals surface area contributed by atoms with Crippen LogP contribution < -0.4 is 5.32 Å². The Hall–Kier alpha value is -1.12. The molecule has 0 spiro atoms. The van der Waals surface area contributed by atoms with Crippen molar-refractivity contribution in [1.82, 2.24) is 5.32 Å². The SMILES string of the molecule is C=C(C)COCCNC(C)c1ccccc1C. The Morgan fingerprint density at radius 3 is 2.76 bits per heavy atom. The van der Waals surface area contributed by atoms with E-state index in [0.29, 0.717) is 12.6 Å². The molecular weight excluding hydrogens is 210 g/mol. The van der Waals surface area contributed by atoms with Gasteiger partial charge in [-0.15, -0.1) is 0 Å². The molecule has 0 aliphatic carbocycles. The zero-order chi connectivity index (χ0) is 12.7. The summed E-state index contributed by atoms with van der Waals surface area (Å²) in [6, 6.07) is 8.83. The van der Waals surface area contributed by atoms with Gasteiger partial charge >= 0.3 is 0 Å². The van der Waals surface area contributed by atoms with Gasteiger partial charge in [0.1, 0.15) is 0 Å². The largest absolute Gasteiger partial charge is 0.376 e. The third kappa shape index (κ3) is 5.16. The average molecular weight is 233 g/mol. The van der Waals surface area contributed by atoms with E-state index in [-0.39, 0.29) is 0 Å². The van der Waals surface area contributed by atoms with Crippen LogP contribution >= 0.6 is 0 Å². The molecule has 0 radical (unpaired) electrons. The lowest BCUT2D eigenvalue weighted by atomic mass is 10.0. The molecule has 94 valence electrons. The molecular formula is C15H23NO. The summed E-state index contributed by atoms with van der Waals surface area (Å²) in [5.41, 5.74) is 3.75. The summed E-state index contributed by atoms with van der Waals surface area (Å²) in [5.74, 6) is 0. The van der Waals surface area contributed by atoms with Gasteiger partial charge in [-0.25, -0.2) is 0 Å². The molecule has 1 atom stereocenters. The van der Waals surface area contributed by atoms with E-state index in [1.165, 1.54) is 11.1 Å². The summed E-state index contributed by atoms with van der Waals surface area (Å²) in [4.78, 5) is 0. The molecule has 0 fully saturated rings. The second-order valence-corrected chi connectivity index (χ2v) is 4.54. The first-order valence-corrected chi connectivity index (χ1v) is 6.12. The van der Waals surface area contributed by atoms with Gasteiger partial charge in [0.25, 0.3) is 0 Å². The Kier molecular flexibility index (Phi) is 5.95. The maximum atomic E-state index is 5.45. The van der Waals surface area contributed by atoms with Gasteiger partial charge in [0, 0.05) is 12.6 Å². The lowest BCUT2D eigenvalue weighted by molar-refractivity contribution is 0.156. The predicted molar refractivity (Wildman–Crippen MR) is 73.2 cm³/mol. The van der Waals surface area contributed by atoms with Gasteiger partial charge < -0.3 is 10.1 Å². The molecule has 1 aromatic carbocycles. The van der Waals surface area contributed by atoms with Gasteiger partial charge in [0.15, 0.2) is 0 Å². The van der Waals surface area contributed by atoms with Crippen LogP contribution in [0.3, 0.4) is 0 Å². The number of hydrogen-bond acceptors (Lipinski definition) is 2. The van der Waals surface area contributed by atoms with Gasteiger partial charge in [0.2, 0.25) is 0 Å². The van der Waals surface area contributed by atoms with E-state index in [1.807, 2.05) is 6.92 Å². The zero-order valence-electron chi connectivity index (χ0n) is 11.1. The molecule has 1 rings (SSSR count). The van der Waals surface area contributed by atoms with Crippen molar-refractivity contribution < 1.29 is 4.74 Å². The Morgan fingerprint density at radius 1 is 1.41 bits per heavy atom. The molecule has 1 unspecified atom stereocenters. The van der Waals surface area contributed by atoms with Crippen LogP contribution in [-0.2, 0) is 4.74 Å². The zero-order valence-corrected chi connectivity index (χ0v) is 11.1. The summed E-state index contributed by atoms with van der Waals surface area (Å²) in [5, 5.41) is 3.46. The van der Waals surface area contributed by atoms with E-state index in [0.717, 1.165) is 18.7 Å². The summed E-state index contributed by atoms with van der Waals surface area (Å²) < 4.78 is 5.45. The van der Waals surface area contributed by atoms with E-state index >= 15 is 0 Å². The summed E-state index contributed by atoms with van der Waals surface area (Å²) >= 11 is 0. The molecule has 0 amide bonds. The second kappa shape index (κ2) is 7.25. The van der Waals surface area contributed by atoms with Gasteiger partial charge in [0.05, 0.1) is 13.2 Å². The highest BCUT2D eigenvalue weighted by atomic mass is 16.5. The van der Waals surface area contributed by atoms with Crippen molar-refractivity contribution in [3.05, 3.63) is 47.5 Å². The number of rotatable bonds is 7. The molecule has 0 aliphatic heterocycles. The quantitative estimate of drug-likeness (QED) is 0.576. The fraction of sp³-hybridized carbons (Fsp3) is 0.467. The Balaban J connectivity index is 2.28. The molecule has 0 bridgehead atoms. The molecule has 1 aromatic rings. The van der Waals surface area contributed by atoms with Crippen LogP contribution in [0.1, 0.15) is 31.0 Å². The topological polar surface area (TPSA) is 21.3 Å². The Labute approximate surface area is 105 Å². The predicted octanol–water partition coefficient (Wildman–Crippen LogP) is 3.24. The smallest absolute Gasteiger partial charge is 0.0672 e. The second-order valence-electron chi connectivity index (χ2n) is 4.54. The number of aryl methyl sites for hydroxylation is 1. The first-order valence-electron chi connectivity index (χ1n) is 6.12. The normalized spacial score (nSPS) is 12.4. The minimum absolute atomic E-state index is 0.365. The molecule has 1 N–H and O–H groups in total. The Bertz CT molecular complexity index is 360. The minimum Gasteiger partial charge on any atom is -0.376 e. The van der Waals surface area contributed by atoms with E-state index < -0.39 is 0 Å². The van der Waals surface area contributed by atoms with E-state index in [2.05, 4.69) is 50.0 Å². The first-order chi connectivity index (χ1) is 8.11. The minimum atomic E-state index is 0.365. The summed E-state index contributed by atoms with van der Waals surface area (Å²) in [6.45, 7) is 12.3. The van der Waals surface area contributed by atoms with Crippen LogP contribution in [0.2, 0.25) is 0 Å². The third-order valence-corrected chi connectivity index (χ3v) is 2.70. The highest BCUT2D eigenvalue weighted by molar-refractivity contribution is 5.28. The van der Waals surface area contributed by atoms with E-state index in [1.54, 1.807) is 0 Å². The maximum Gasteiger partial charge on any atom is 0.0672 e. The molecule has 17 heavy (non-hydrogen) atoms. The highest BCUT2D eigenvalue weighted by Crippen LogP contribution is 2.15. The third-order valence-electron chi connectivity index (χ3n) is 2.70. The highest BCUT2D eigenvalue weighted by Gasteiger charge is 2.06. The van der Waals surface area contributed by atoms with Crippen LogP contribution in [0.4, 0.5) is 0 Å². The summed E-state index contributed by atoms with van der Waals surface area (Å²) in [7, 11) is 0. The maximum absolute atomic E-state index is 5.45. The molecule has 2 heteroatoms. The lowest BCUT2D eigenvalue weighted by Gasteiger charge is -2.16. The fourth-order valence-corrected chi connectivity index (χ4v) is 1.78. The molecule has 0 saturated carbocycles. The van der Waals surface area contributed by atoms with Crippen molar-refractivity contribution in [2.75, 3.05) is 19.8 Å². The van der Waals surface area contributed by atoms with Gasteiger partial charge in [-0.2, -0.15) is 0 Å². The van der Waals surface area contributed by atoms with Crippen molar-refractivity contribution in [1.29, 1.82) is 0 Å². The molecule has 0 heterocycles. The molecule has 0 aliphatic rings. The van der Waals surface area contributed by atoms with Crippen molar-refractivity contribution in [3.63, 3.8) is 0 Å². The van der Waals surface area contributed by atoms with Crippen LogP contribution in [-0.4, -0.2) is 19.8 Å². The molecule has 2 nitrogen and oxygen atoms in total. The number of hydrogen-bond donors (Lipinski definition) is 1. The van der Waals surface area contributed by atoms with Crippen LogP contribution in [0, 0.1) is 6.92 Å². The van der Waals surface area contributed by atoms with Gasteiger partial charge in [-0.3, -0.25) is 0 Å². The van der Waals surface area contributed by atoms with E-state index in [9.17, 15) is 0 Å². The number of ether oxygens (including phenoxy) is 1. The number of benzene rings is 1. The van der Waals surface area contributed by atoms with Gasteiger partial charge in [-0.05, 0) is 31.9 Å². The molecule has 0 saturated heterocycles. The fourth-order valence-electron chi connectivity index (χ4n) is 1.78. The van der Waals surface area contributed by atoms with Crippen molar-refractivity contribution in [2.24, 2.45) is 0 Å². The first kappa shape index (κ1) is 13.9. The standard InChI is InChI=1S/C15H23NO/c1-12(2)11-17-10-9-16-14(4)15-8-6-5-7-13(15)3/h5-8,14,16H,1,9-11H2,2-4H3. The molecule has 0 aromatic heterocycles. The Morgan fingerprint density at radius 2 is 2.12 bits per heavy atom. The monoisotopic (exact) mass is 233 g/mol. The van der Waals surface area contributed by atoms with Crippen LogP contribution in [0.25, 0.3) is 0 Å². The summed E-state index contributed by atoms with van der Waals surface area (Å²) in [6.07, 6.45) is 0. The van der Waals surface area contributed by atoms with Crippen molar-refractivity contribution >= 4 is 0 Å². The number of nitrogens with one attached hydrogen (secondary N) is 1. The lowest BCUT2D eigenvalue weighted by Crippen LogP contribution is -2.24. The average Bonchev–Trinajstić information content (AvgIpc) is 2.28. The van der Waals surface area contributed by atoms with Crippen LogP contribution in [0.15, 0.2) is 36.4 Å². The van der Waals surface area contributed by atoms with Crippen molar-refractivity contribution in [3.8, 4) is 0 Å². The van der Waals surface area contributed by atoms with Crippen LogP contribution in [0.5, 0.6) is 0 Å². The van der Waals surface area contributed by atoms with Crippen molar-refractivity contribution in [2.45, 2.75) is 26.8 Å².